The van der Waals surface area contributed by atoms with E-state index in [9.17, 15) is 19.5 Å². The Balaban J connectivity index is 1.63. The van der Waals surface area contributed by atoms with Crippen molar-refractivity contribution < 1.29 is 24.2 Å². The van der Waals surface area contributed by atoms with Crippen LogP contribution in [0.1, 0.15) is 48.8 Å². The Bertz CT molecular complexity index is 1030. The fraction of sp³-hybridized carbons (Fsp3) is 0.444. The fourth-order valence-corrected chi connectivity index (χ4v) is 4.91. The molecule has 0 aromatic heterocycles. The number of hydrogen-bond donors (Lipinski definition) is 3. The Kier molecular flexibility index (Phi) is 9.20. The monoisotopic (exact) mass is 498 g/mol. The first kappa shape index (κ1) is 26.6. The lowest BCUT2D eigenvalue weighted by molar-refractivity contribution is -0.146. The van der Waals surface area contributed by atoms with E-state index in [0.29, 0.717) is 30.8 Å². The van der Waals surface area contributed by atoms with Gasteiger partial charge in [-0.15, -0.1) is 0 Å². The second kappa shape index (κ2) is 12.1. The van der Waals surface area contributed by atoms with Crippen LogP contribution in [-0.2, 0) is 20.8 Å². The van der Waals surface area contributed by atoms with E-state index in [1.165, 1.54) is 0 Å². The lowest BCUT2D eigenvalue weighted by atomic mass is 9.99. The van der Waals surface area contributed by atoms with Crippen LogP contribution in [0.2, 0.25) is 0 Å². The number of aliphatic carboxylic acids is 1. The molecule has 0 heterocycles. The first-order valence-corrected chi connectivity index (χ1v) is 13.3. The molecule has 2 amide bonds. The summed E-state index contributed by atoms with van der Waals surface area (Å²) in [6.07, 6.45) is 5.23. The lowest BCUT2D eigenvalue weighted by Crippen LogP contribution is -2.54. The Labute approximate surface area is 211 Å². The number of thioether (sulfide) groups is 1. The van der Waals surface area contributed by atoms with Crippen LogP contribution in [0.3, 0.4) is 0 Å². The summed E-state index contributed by atoms with van der Waals surface area (Å²) in [5, 5.41) is 15.1. The van der Waals surface area contributed by atoms with Gasteiger partial charge in [-0.3, -0.25) is 9.59 Å². The van der Waals surface area contributed by atoms with Crippen LogP contribution in [0.5, 0.6) is 5.75 Å². The van der Waals surface area contributed by atoms with Gasteiger partial charge in [-0.25, -0.2) is 4.79 Å². The van der Waals surface area contributed by atoms with Gasteiger partial charge in [-0.2, -0.15) is 11.8 Å². The number of benzene rings is 2. The molecule has 188 valence electrons. The van der Waals surface area contributed by atoms with Gasteiger partial charge in [0.05, 0.1) is 6.42 Å². The molecule has 3 N–H and O–H groups in total. The second-order valence-corrected chi connectivity index (χ2v) is 10.2. The van der Waals surface area contributed by atoms with E-state index in [2.05, 4.69) is 16.7 Å². The molecule has 7 nitrogen and oxygen atoms in total. The number of carbonyl (C=O) groups excluding carboxylic acids is 2. The molecule has 0 saturated heterocycles. The van der Waals surface area contributed by atoms with Crippen LogP contribution in [0, 0.1) is 13.8 Å². The van der Waals surface area contributed by atoms with Crippen molar-refractivity contribution in [1.82, 2.24) is 5.32 Å². The first-order valence-electron chi connectivity index (χ1n) is 11.9. The molecular formula is C27H34N2O5S. The Morgan fingerprint density at radius 1 is 1.06 bits per heavy atom. The van der Waals surface area contributed by atoms with E-state index in [1.54, 1.807) is 23.9 Å². The van der Waals surface area contributed by atoms with Crippen LogP contribution in [0.4, 0.5) is 5.69 Å². The molecule has 0 radical (unpaired) electrons. The van der Waals surface area contributed by atoms with Crippen molar-refractivity contribution in [1.29, 1.82) is 0 Å². The zero-order valence-corrected chi connectivity index (χ0v) is 21.4. The Morgan fingerprint density at radius 2 is 1.69 bits per heavy atom. The van der Waals surface area contributed by atoms with E-state index >= 15 is 0 Å². The highest BCUT2D eigenvalue weighted by atomic mass is 32.2. The normalized spacial score (nSPS) is 15.3. The zero-order chi connectivity index (χ0) is 25.4. The quantitative estimate of drug-likeness (QED) is 0.421. The standard InChI is InChI=1S/C27H34N2O5S/c1-18-14-19(2)16-21(15-18)28-24(30)17-20-6-8-22(9-7-20)34-27(11-4-5-12-27)26(33)29-23(25(31)32)10-13-35-3/h6-9,14-16,23H,4-5,10-13,17H2,1-3H3,(H,28,30)(H,29,33)(H,31,32)/t23-/m1/s1. The number of anilines is 1. The predicted molar refractivity (Wildman–Crippen MR) is 139 cm³/mol. The predicted octanol–water partition coefficient (Wildman–Crippen LogP) is 4.50. The maximum Gasteiger partial charge on any atom is 0.326 e. The highest BCUT2D eigenvalue weighted by Gasteiger charge is 2.44. The number of rotatable bonds is 11. The number of carboxylic acids is 1. The van der Waals surface area contributed by atoms with Gasteiger partial charge in [0.2, 0.25) is 5.91 Å². The van der Waals surface area contributed by atoms with Gasteiger partial charge in [-0.05, 0) is 98.9 Å². The molecule has 2 aromatic rings. The summed E-state index contributed by atoms with van der Waals surface area (Å²) >= 11 is 1.54. The summed E-state index contributed by atoms with van der Waals surface area (Å²) in [6, 6.07) is 12.1. The van der Waals surface area contributed by atoms with Crippen molar-refractivity contribution >= 4 is 35.2 Å². The fourth-order valence-electron chi connectivity index (χ4n) is 4.44. The van der Waals surface area contributed by atoms with E-state index in [0.717, 1.165) is 35.2 Å². The topological polar surface area (TPSA) is 105 Å². The molecule has 1 aliphatic carbocycles. The summed E-state index contributed by atoms with van der Waals surface area (Å²) in [7, 11) is 0. The second-order valence-electron chi connectivity index (χ2n) is 9.19. The summed E-state index contributed by atoms with van der Waals surface area (Å²) in [6.45, 7) is 3.98. The first-order chi connectivity index (χ1) is 16.7. The average molecular weight is 499 g/mol. The highest BCUT2D eigenvalue weighted by molar-refractivity contribution is 7.98. The van der Waals surface area contributed by atoms with Crippen LogP contribution in [0.15, 0.2) is 42.5 Å². The number of carbonyl (C=O) groups is 3. The molecule has 35 heavy (non-hydrogen) atoms. The third-order valence-corrected chi connectivity index (χ3v) is 6.79. The van der Waals surface area contributed by atoms with Gasteiger partial charge in [0.1, 0.15) is 11.8 Å². The van der Waals surface area contributed by atoms with Gasteiger partial charge < -0.3 is 20.5 Å². The van der Waals surface area contributed by atoms with Crippen LogP contribution >= 0.6 is 11.8 Å². The van der Waals surface area contributed by atoms with Gasteiger partial charge in [0.15, 0.2) is 5.60 Å². The van der Waals surface area contributed by atoms with Crippen molar-refractivity contribution in [3.05, 3.63) is 59.2 Å². The number of hydrogen-bond acceptors (Lipinski definition) is 5. The van der Waals surface area contributed by atoms with Crippen molar-refractivity contribution in [2.45, 2.75) is 64.0 Å². The summed E-state index contributed by atoms with van der Waals surface area (Å²) in [5.74, 6) is -0.356. The van der Waals surface area contributed by atoms with Crippen molar-refractivity contribution in [2.75, 3.05) is 17.3 Å². The molecule has 1 aliphatic rings. The smallest absolute Gasteiger partial charge is 0.326 e. The number of carboxylic acid groups (broad SMARTS) is 1. The largest absolute Gasteiger partial charge is 0.480 e. The maximum absolute atomic E-state index is 13.1. The molecule has 1 fully saturated rings. The van der Waals surface area contributed by atoms with E-state index in [4.69, 9.17) is 4.74 Å². The summed E-state index contributed by atoms with van der Waals surface area (Å²) < 4.78 is 6.18. The molecule has 8 heteroatoms. The van der Waals surface area contributed by atoms with Gasteiger partial charge in [0.25, 0.3) is 5.91 Å². The van der Waals surface area contributed by atoms with Gasteiger partial charge >= 0.3 is 5.97 Å². The van der Waals surface area contributed by atoms with Gasteiger partial charge in [-0.1, -0.05) is 18.2 Å². The average Bonchev–Trinajstić information content (AvgIpc) is 3.26. The number of nitrogens with one attached hydrogen (secondary N) is 2. The zero-order valence-electron chi connectivity index (χ0n) is 20.6. The Morgan fingerprint density at radius 3 is 2.26 bits per heavy atom. The van der Waals surface area contributed by atoms with Crippen molar-refractivity contribution in [3.8, 4) is 5.75 Å². The minimum atomic E-state index is -1.07. The number of aryl methyl sites for hydroxylation is 2. The third-order valence-electron chi connectivity index (χ3n) is 6.15. The van der Waals surface area contributed by atoms with Crippen molar-refractivity contribution in [2.24, 2.45) is 0 Å². The molecule has 0 spiro atoms. The number of amides is 2. The molecule has 1 atom stereocenters. The maximum atomic E-state index is 13.1. The van der Waals surface area contributed by atoms with Crippen LogP contribution in [0.25, 0.3) is 0 Å². The minimum Gasteiger partial charge on any atom is -0.480 e. The molecule has 0 aliphatic heterocycles. The van der Waals surface area contributed by atoms with E-state index in [1.807, 2.05) is 44.4 Å². The molecule has 3 rings (SSSR count). The lowest BCUT2D eigenvalue weighted by Gasteiger charge is -2.30. The van der Waals surface area contributed by atoms with E-state index < -0.39 is 17.6 Å². The molecule has 2 aromatic carbocycles. The molecule has 1 saturated carbocycles. The third kappa shape index (κ3) is 7.49. The Hall–Kier alpha value is -3.00. The summed E-state index contributed by atoms with van der Waals surface area (Å²) in [5.41, 5.74) is 2.71. The molecule has 0 bridgehead atoms. The summed E-state index contributed by atoms with van der Waals surface area (Å²) in [4.78, 5) is 37.2. The van der Waals surface area contributed by atoms with Crippen LogP contribution in [-0.4, -0.2) is 46.5 Å². The van der Waals surface area contributed by atoms with Crippen molar-refractivity contribution in [3.63, 3.8) is 0 Å². The molecular weight excluding hydrogens is 464 g/mol. The minimum absolute atomic E-state index is 0.111. The van der Waals surface area contributed by atoms with Gasteiger partial charge in [0, 0.05) is 5.69 Å². The van der Waals surface area contributed by atoms with E-state index in [-0.39, 0.29) is 18.2 Å². The van der Waals surface area contributed by atoms with Crippen LogP contribution < -0.4 is 15.4 Å². The molecule has 0 unspecified atom stereocenters. The highest BCUT2D eigenvalue weighted by Crippen LogP contribution is 2.35. The SMILES string of the molecule is CSCC[C@@H](NC(=O)C1(Oc2ccc(CC(=O)Nc3cc(C)cc(C)c3)cc2)CCCC1)C(=O)O. The number of ether oxygens (including phenoxy) is 1.